The molecular formula is C20H22N6O. The first-order valence-corrected chi connectivity index (χ1v) is 9.31. The fraction of sp³-hybridized carbons (Fsp3) is 0.400. The highest BCUT2D eigenvalue weighted by Gasteiger charge is 2.30. The number of benzene rings is 1. The van der Waals surface area contributed by atoms with Gasteiger partial charge in [-0.1, -0.05) is 13.3 Å². The van der Waals surface area contributed by atoms with Crippen molar-refractivity contribution < 1.29 is 4.79 Å². The summed E-state index contributed by atoms with van der Waals surface area (Å²) in [6, 6.07) is 7.65. The van der Waals surface area contributed by atoms with Crippen LogP contribution in [0.4, 0.5) is 5.95 Å². The van der Waals surface area contributed by atoms with E-state index < -0.39 is 0 Å². The second-order valence-electron chi connectivity index (χ2n) is 7.06. The molecule has 1 atom stereocenters. The Morgan fingerprint density at radius 3 is 3.00 bits per heavy atom. The maximum Gasteiger partial charge on any atom is 0.224 e. The van der Waals surface area contributed by atoms with E-state index in [2.05, 4.69) is 18.0 Å². The lowest BCUT2D eigenvalue weighted by atomic mass is 10.0. The van der Waals surface area contributed by atoms with E-state index in [1.807, 2.05) is 32.7 Å². The second-order valence-corrected chi connectivity index (χ2v) is 7.06. The van der Waals surface area contributed by atoms with Crippen LogP contribution in [0.15, 0.2) is 35.5 Å². The number of aliphatic imine (C=N–C) groups is 1. The summed E-state index contributed by atoms with van der Waals surface area (Å²) >= 11 is 0. The number of rotatable bonds is 5. The van der Waals surface area contributed by atoms with Crippen molar-refractivity contribution in [2.75, 3.05) is 18.1 Å². The molecule has 7 nitrogen and oxygen atoms in total. The van der Waals surface area contributed by atoms with Gasteiger partial charge in [0.05, 0.1) is 22.7 Å². The summed E-state index contributed by atoms with van der Waals surface area (Å²) in [6.07, 6.45) is 8.36. The highest BCUT2D eigenvalue weighted by Crippen LogP contribution is 2.28. The number of amides is 1. The minimum Gasteiger partial charge on any atom is -0.324 e. The molecule has 0 bridgehead atoms. The first-order valence-electron chi connectivity index (χ1n) is 9.31. The van der Waals surface area contributed by atoms with Gasteiger partial charge in [0.25, 0.3) is 0 Å². The van der Waals surface area contributed by atoms with Gasteiger partial charge in [-0.25, -0.2) is 4.98 Å². The van der Waals surface area contributed by atoms with Crippen LogP contribution in [0.25, 0.3) is 11.0 Å². The molecule has 1 aromatic heterocycles. The third kappa shape index (κ3) is 3.31. The number of carbonyl (C=O) groups is 1. The summed E-state index contributed by atoms with van der Waals surface area (Å²) in [4.78, 5) is 25.4. The zero-order valence-corrected chi connectivity index (χ0v) is 15.4. The minimum absolute atomic E-state index is 0.196. The molecule has 2 aliphatic heterocycles. The number of likely N-dealkylation sites (tertiary alicyclic amines) is 1. The molecule has 7 heteroatoms. The quantitative estimate of drug-likeness (QED) is 0.819. The van der Waals surface area contributed by atoms with Crippen LogP contribution in [0, 0.1) is 17.2 Å². The highest BCUT2D eigenvalue weighted by molar-refractivity contribution is 5.82. The zero-order valence-electron chi connectivity index (χ0n) is 15.4. The van der Waals surface area contributed by atoms with Crippen LogP contribution in [0.5, 0.6) is 0 Å². The van der Waals surface area contributed by atoms with Crippen molar-refractivity contribution in [3.8, 4) is 6.07 Å². The molecule has 0 saturated carbocycles. The van der Waals surface area contributed by atoms with Crippen molar-refractivity contribution >= 4 is 29.1 Å². The lowest BCUT2D eigenvalue weighted by Gasteiger charge is -2.24. The lowest BCUT2D eigenvalue weighted by Crippen LogP contribution is -2.30. The highest BCUT2D eigenvalue weighted by atomic mass is 16.2. The number of nitriles is 1. The van der Waals surface area contributed by atoms with Crippen molar-refractivity contribution in [2.24, 2.45) is 10.9 Å². The Morgan fingerprint density at radius 2 is 2.26 bits per heavy atom. The molecule has 2 aromatic rings. The Kier molecular flexibility index (Phi) is 4.63. The largest absolute Gasteiger partial charge is 0.324 e. The minimum atomic E-state index is 0.196. The van der Waals surface area contributed by atoms with Crippen LogP contribution in [0.1, 0.15) is 31.7 Å². The standard InChI is InChI=1S/C20H22N6O/c1-2-4-16-10-19(27)25(12-16)14-26-18-6-5-15(11-21)9-17(18)23-20(26)24-8-3-7-22-13-24/h3,5-9,16H,2,4,10,12-14H2,1H3. The predicted molar refractivity (Wildman–Crippen MR) is 104 cm³/mol. The summed E-state index contributed by atoms with van der Waals surface area (Å²) in [5.74, 6) is 1.37. The van der Waals surface area contributed by atoms with Crippen molar-refractivity contribution in [2.45, 2.75) is 32.9 Å². The Hall–Kier alpha value is -3.14. The van der Waals surface area contributed by atoms with Crippen LogP contribution in [-0.4, -0.2) is 39.8 Å². The van der Waals surface area contributed by atoms with Gasteiger partial charge in [-0.3, -0.25) is 19.3 Å². The summed E-state index contributed by atoms with van der Waals surface area (Å²) < 4.78 is 2.05. The van der Waals surface area contributed by atoms with E-state index in [9.17, 15) is 10.1 Å². The summed E-state index contributed by atoms with van der Waals surface area (Å²) in [6.45, 7) is 3.89. The van der Waals surface area contributed by atoms with Crippen LogP contribution < -0.4 is 4.90 Å². The Balaban J connectivity index is 1.71. The number of allylic oxidation sites excluding steroid dienone is 1. The average Bonchev–Trinajstić information content (AvgIpc) is 3.23. The van der Waals surface area contributed by atoms with Crippen molar-refractivity contribution in [3.63, 3.8) is 0 Å². The van der Waals surface area contributed by atoms with Crippen LogP contribution in [-0.2, 0) is 11.5 Å². The number of hydrogen-bond acceptors (Lipinski definition) is 5. The molecule has 0 N–H and O–H groups in total. The number of anilines is 1. The van der Waals surface area contributed by atoms with Gasteiger partial charge in [0.2, 0.25) is 11.9 Å². The molecule has 0 radical (unpaired) electrons. The third-order valence-electron chi connectivity index (χ3n) is 5.11. The molecule has 1 amide bonds. The third-order valence-corrected chi connectivity index (χ3v) is 5.11. The smallest absolute Gasteiger partial charge is 0.224 e. The Labute approximate surface area is 158 Å². The van der Waals surface area contributed by atoms with Crippen molar-refractivity contribution in [1.82, 2.24) is 14.5 Å². The van der Waals surface area contributed by atoms with Gasteiger partial charge >= 0.3 is 0 Å². The van der Waals surface area contributed by atoms with Gasteiger partial charge in [-0.05, 0) is 36.6 Å². The first-order chi connectivity index (χ1) is 13.2. The zero-order chi connectivity index (χ0) is 18.8. The SMILES string of the molecule is CCCC1CC(=O)N(Cn2c(N3C=CC=NC3)nc3cc(C#N)ccc32)C1. The maximum absolute atomic E-state index is 12.5. The van der Waals surface area contributed by atoms with Gasteiger partial charge in [0.15, 0.2) is 0 Å². The average molecular weight is 362 g/mol. The van der Waals surface area contributed by atoms with Crippen molar-refractivity contribution in [3.05, 3.63) is 36.0 Å². The fourth-order valence-electron chi connectivity index (χ4n) is 3.82. The first kappa shape index (κ1) is 17.3. The Morgan fingerprint density at radius 1 is 1.37 bits per heavy atom. The van der Waals surface area contributed by atoms with Crippen LogP contribution in [0.3, 0.4) is 0 Å². The molecule has 3 heterocycles. The monoisotopic (exact) mass is 362 g/mol. The molecule has 1 unspecified atom stereocenters. The van der Waals surface area contributed by atoms with E-state index in [4.69, 9.17) is 4.98 Å². The molecule has 138 valence electrons. The van der Waals surface area contributed by atoms with E-state index in [0.717, 1.165) is 36.4 Å². The molecule has 4 rings (SSSR count). The van der Waals surface area contributed by atoms with Gasteiger partial charge in [-0.15, -0.1) is 0 Å². The lowest BCUT2D eigenvalue weighted by molar-refractivity contribution is -0.129. The summed E-state index contributed by atoms with van der Waals surface area (Å²) in [7, 11) is 0. The van der Waals surface area contributed by atoms with Gasteiger partial charge in [0.1, 0.15) is 13.3 Å². The van der Waals surface area contributed by atoms with E-state index in [-0.39, 0.29) is 5.91 Å². The number of hydrogen-bond donors (Lipinski definition) is 0. The number of aromatic nitrogens is 2. The number of imidazole rings is 1. The normalized spacial score (nSPS) is 19.3. The molecule has 2 aliphatic rings. The van der Waals surface area contributed by atoms with E-state index in [1.165, 1.54) is 0 Å². The van der Waals surface area contributed by atoms with Crippen LogP contribution in [0.2, 0.25) is 0 Å². The molecular weight excluding hydrogens is 340 g/mol. The van der Waals surface area contributed by atoms with Gasteiger partial charge in [-0.2, -0.15) is 5.26 Å². The van der Waals surface area contributed by atoms with Gasteiger partial charge in [0, 0.05) is 25.4 Å². The Bertz CT molecular complexity index is 967. The molecule has 1 fully saturated rings. The van der Waals surface area contributed by atoms with Gasteiger partial charge < -0.3 is 4.90 Å². The summed E-state index contributed by atoms with van der Waals surface area (Å²) in [5, 5.41) is 9.19. The number of carbonyl (C=O) groups excluding carboxylic acids is 1. The second kappa shape index (κ2) is 7.23. The molecule has 0 spiro atoms. The summed E-state index contributed by atoms with van der Waals surface area (Å²) in [5.41, 5.74) is 2.24. The van der Waals surface area contributed by atoms with E-state index in [1.54, 1.807) is 18.3 Å². The fourth-order valence-corrected chi connectivity index (χ4v) is 3.82. The van der Waals surface area contributed by atoms with Crippen LogP contribution >= 0.6 is 0 Å². The molecule has 0 aliphatic carbocycles. The molecule has 1 saturated heterocycles. The maximum atomic E-state index is 12.5. The number of fused-ring (bicyclic) bond motifs is 1. The molecule has 27 heavy (non-hydrogen) atoms. The predicted octanol–water partition coefficient (Wildman–Crippen LogP) is 2.88. The van der Waals surface area contributed by atoms with E-state index in [0.29, 0.717) is 31.2 Å². The van der Waals surface area contributed by atoms with Crippen molar-refractivity contribution in [1.29, 1.82) is 5.26 Å². The topological polar surface area (TPSA) is 77.5 Å². The van der Waals surface area contributed by atoms with E-state index >= 15 is 0 Å². The number of nitrogens with zero attached hydrogens (tertiary/aromatic N) is 6. The molecule has 1 aromatic carbocycles.